The Hall–Kier alpha value is -2.74. The molecule has 0 saturated heterocycles. The van der Waals surface area contributed by atoms with Gasteiger partial charge in [0.15, 0.2) is 6.61 Å². The molecule has 1 aromatic heterocycles. The fraction of sp³-hybridized carbons (Fsp3) is 0.294. The Bertz CT molecular complexity index is 817. The van der Waals surface area contributed by atoms with Crippen LogP contribution in [-0.2, 0) is 16.0 Å². The molecule has 1 atom stereocenters. The Morgan fingerprint density at radius 2 is 2.08 bits per heavy atom. The predicted octanol–water partition coefficient (Wildman–Crippen LogP) is 3.01. The fourth-order valence-corrected chi connectivity index (χ4v) is 3.59. The molecule has 0 fully saturated rings. The molecule has 0 spiro atoms. The largest absolute Gasteiger partial charge is 0.451 e. The second-order valence-electron chi connectivity index (χ2n) is 5.68. The van der Waals surface area contributed by atoms with Crippen LogP contribution in [0.25, 0.3) is 0 Å². The Morgan fingerprint density at radius 3 is 2.84 bits per heavy atom. The van der Waals surface area contributed by atoms with E-state index in [2.05, 4.69) is 11.4 Å². The summed E-state index contributed by atoms with van der Waals surface area (Å²) in [5.41, 5.74) is 2.32. The van der Waals surface area contributed by atoms with Crippen LogP contribution in [0.2, 0.25) is 0 Å². The lowest BCUT2D eigenvalue weighted by molar-refractivity contribution is -0.380. The number of aryl methyl sites for hydroxylation is 1. The van der Waals surface area contributed by atoms with Gasteiger partial charge in [0.25, 0.3) is 5.91 Å². The normalized spacial score (nSPS) is 15.9. The molecule has 0 radical (unpaired) electrons. The maximum Gasteiger partial charge on any atom is 0.349 e. The van der Waals surface area contributed by atoms with Crippen molar-refractivity contribution in [3.8, 4) is 0 Å². The van der Waals surface area contributed by atoms with Crippen LogP contribution < -0.4 is 5.32 Å². The smallest absolute Gasteiger partial charge is 0.349 e. The number of benzene rings is 1. The van der Waals surface area contributed by atoms with Gasteiger partial charge in [0.1, 0.15) is 4.88 Å². The number of ether oxygens (including phenoxy) is 1. The molecule has 0 saturated carbocycles. The topological polar surface area (TPSA) is 98.5 Å². The summed E-state index contributed by atoms with van der Waals surface area (Å²) in [6, 6.07) is 10.4. The molecule has 1 amide bonds. The number of rotatable bonds is 5. The molecular weight excluding hydrogens is 344 g/mol. The Balaban J connectivity index is 1.55. The van der Waals surface area contributed by atoms with Gasteiger partial charge in [-0.25, -0.2) is 4.79 Å². The van der Waals surface area contributed by atoms with Crippen molar-refractivity contribution in [2.75, 3.05) is 6.61 Å². The minimum atomic E-state index is -0.739. The van der Waals surface area contributed by atoms with Gasteiger partial charge < -0.3 is 10.1 Å². The number of amides is 1. The number of nitrogens with zero attached hydrogens (tertiary/aromatic N) is 1. The summed E-state index contributed by atoms with van der Waals surface area (Å²) in [6.07, 6.45) is 2.82. The third kappa shape index (κ3) is 4.03. The predicted molar refractivity (Wildman–Crippen MR) is 91.5 cm³/mol. The minimum absolute atomic E-state index is 0.0843. The van der Waals surface area contributed by atoms with E-state index in [0.717, 1.165) is 36.2 Å². The van der Waals surface area contributed by atoms with E-state index >= 15 is 0 Å². The summed E-state index contributed by atoms with van der Waals surface area (Å²) in [6.45, 7) is -0.413. The minimum Gasteiger partial charge on any atom is -0.451 e. The molecule has 8 heteroatoms. The first-order valence-corrected chi connectivity index (χ1v) is 8.65. The number of hydrogen-bond acceptors (Lipinski definition) is 6. The van der Waals surface area contributed by atoms with Crippen LogP contribution in [0.5, 0.6) is 0 Å². The highest BCUT2D eigenvalue weighted by atomic mass is 32.1. The number of thiophene rings is 1. The summed E-state index contributed by atoms with van der Waals surface area (Å²) < 4.78 is 4.95. The molecule has 1 aromatic carbocycles. The third-order valence-corrected chi connectivity index (χ3v) is 5.03. The molecule has 0 unspecified atom stereocenters. The third-order valence-electron chi connectivity index (χ3n) is 4.01. The van der Waals surface area contributed by atoms with Crippen molar-refractivity contribution in [2.24, 2.45) is 0 Å². The summed E-state index contributed by atoms with van der Waals surface area (Å²) >= 11 is 0.722. The van der Waals surface area contributed by atoms with Gasteiger partial charge in [-0.2, -0.15) is 0 Å². The highest BCUT2D eigenvalue weighted by molar-refractivity contribution is 7.17. The Labute approximate surface area is 147 Å². The number of fused-ring (bicyclic) bond motifs is 1. The lowest BCUT2D eigenvalue weighted by atomic mass is 9.88. The van der Waals surface area contributed by atoms with E-state index in [9.17, 15) is 19.7 Å². The highest BCUT2D eigenvalue weighted by Crippen LogP contribution is 2.29. The summed E-state index contributed by atoms with van der Waals surface area (Å²) in [5.74, 6) is -1.13. The van der Waals surface area contributed by atoms with Gasteiger partial charge in [-0.3, -0.25) is 14.9 Å². The van der Waals surface area contributed by atoms with Gasteiger partial charge in [-0.05, 0) is 36.5 Å². The molecule has 1 aliphatic carbocycles. The first kappa shape index (κ1) is 17.1. The zero-order chi connectivity index (χ0) is 17.8. The summed E-state index contributed by atoms with van der Waals surface area (Å²) in [4.78, 5) is 34.1. The van der Waals surface area contributed by atoms with Crippen LogP contribution in [-0.4, -0.2) is 23.4 Å². The number of esters is 1. The van der Waals surface area contributed by atoms with E-state index in [1.165, 1.54) is 17.7 Å². The van der Waals surface area contributed by atoms with Crippen LogP contribution in [0.15, 0.2) is 36.4 Å². The van der Waals surface area contributed by atoms with Gasteiger partial charge in [-0.1, -0.05) is 35.6 Å². The quantitative estimate of drug-likeness (QED) is 0.502. The maximum atomic E-state index is 12.1. The van der Waals surface area contributed by atoms with Crippen molar-refractivity contribution in [3.05, 3.63) is 62.5 Å². The molecule has 0 bridgehead atoms. The summed E-state index contributed by atoms with van der Waals surface area (Å²) in [7, 11) is 0. The number of carbonyl (C=O) groups excluding carboxylic acids is 2. The maximum absolute atomic E-state index is 12.1. The van der Waals surface area contributed by atoms with E-state index in [1.54, 1.807) is 0 Å². The van der Waals surface area contributed by atoms with Crippen molar-refractivity contribution in [2.45, 2.75) is 25.3 Å². The van der Waals surface area contributed by atoms with E-state index in [1.807, 2.05) is 18.2 Å². The molecule has 0 aliphatic heterocycles. The standard InChI is InChI=1S/C17H16N2O5S/c20-15(10-24-17(21)14-8-9-16(25-14)19(22)23)18-13-7-3-5-11-4-1-2-6-12(11)13/h1-2,4,6,8-9,13H,3,5,7,10H2,(H,18,20)/t13-/m1/s1. The summed E-state index contributed by atoms with van der Waals surface area (Å²) in [5, 5.41) is 13.4. The molecule has 1 aliphatic rings. The zero-order valence-electron chi connectivity index (χ0n) is 13.3. The average Bonchev–Trinajstić information content (AvgIpc) is 3.10. The van der Waals surface area contributed by atoms with Crippen molar-refractivity contribution < 1.29 is 19.2 Å². The first-order chi connectivity index (χ1) is 12.0. The second-order valence-corrected chi connectivity index (χ2v) is 6.74. The van der Waals surface area contributed by atoms with Crippen molar-refractivity contribution in [3.63, 3.8) is 0 Å². The van der Waals surface area contributed by atoms with Gasteiger partial charge in [-0.15, -0.1) is 0 Å². The molecule has 2 aromatic rings. The molecular formula is C17H16N2O5S. The number of carbonyl (C=O) groups is 2. The van der Waals surface area contributed by atoms with Crippen molar-refractivity contribution >= 4 is 28.2 Å². The number of hydrogen-bond donors (Lipinski definition) is 1. The monoisotopic (exact) mass is 360 g/mol. The average molecular weight is 360 g/mol. The zero-order valence-corrected chi connectivity index (χ0v) is 14.1. The van der Waals surface area contributed by atoms with E-state index in [4.69, 9.17) is 4.74 Å². The van der Waals surface area contributed by atoms with Crippen LogP contribution in [0.1, 0.15) is 39.7 Å². The van der Waals surface area contributed by atoms with E-state index in [0.29, 0.717) is 0 Å². The fourth-order valence-electron chi connectivity index (χ4n) is 2.88. The lowest BCUT2D eigenvalue weighted by Crippen LogP contribution is -2.34. The highest BCUT2D eigenvalue weighted by Gasteiger charge is 2.22. The Morgan fingerprint density at radius 1 is 1.28 bits per heavy atom. The van der Waals surface area contributed by atoms with Gasteiger partial charge in [0.05, 0.1) is 11.0 Å². The van der Waals surface area contributed by atoms with E-state index in [-0.39, 0.29) is 21.8 Å². The number of nitrogens with one attached hydrogen (secondary N) is 1. The first-order valence-electron chi connectivity index (χ1n) is 7.83. The molecule has 130 valence electrons. The van der Waals surface area contributed by atoms with Crippen LogP contribution in [0, 0.1) is 10.1 Å². The SMILES string of the molecule is O=C(COC(=O)c1ccc([N+](=O)[O-])s1)N[C@@H]1CCCc2ccccc21. The van der Waals surface area contributed by atoms with Gasteiger partial charge >= 0.3 is 11.0 Å². The van der Waals surface area contributed by atoms with E-state index < -0.39 is 17.5 Å². The molecule has 7 nitrogen and oxygen atoms in total. The molecule has 1 heterocycles. The van der Waals surface area contributed by atoms with Crippen LogP contribution >= 0.6 is 11.3 Å². The molecule has 3 rings (SSSR count). The van der Waals surface area contributed by atoms with Crippen LogP contribution in [0.3, 0.4) is 0 Å². The lowest BCUT2D eigenvalue weighted by Gasteiger charge is -2.26. The van der Waals surface area contributed by atoms with Crippen LogP contribution in [0.4, 0.5) is 5.00 Å². The van der Waals surface area contributed by atoms with Crippen molar-refractivity contribution in [1.29, 1.82) is 0 Å². The Kier molecular flexibility index (Phi) is 5.08. The molecule has 25 heavy (non-hydrogen) atoms. The second kappa shape index (κ2) is 7.43. The van der Waals surface area contributed by atoms with Gasteiger partial charge in [0, 0.05) is 6.07 Å². The van der Waals surface area contributed by atoms with Gasteiger partial charge in [0.2, 0.25) is 0 Å². The number of nitro groups is 1. The van der Waals surface area contributed by atoms with Crippen molar-refractivity contribution in [1.82, 2.24) is 5.32 Å². The molecule has 1 N–H and O–H groups in total.